The van der Waals surface area contributed by atoms with Crippen LogP contribution >= 0.6 is 0 Å². The lowest BCUT2D eigenvalue weighted by Crippen LogP contribution is -2.35. The molecule has 3 aromatic carbocycles. The first-order chi connectivity index (χ1) is 14.1. The van der Waals surface area contributed by atoms with Crippen LogP contribution in [0.15, 0.2) is 84.0 Å². The van der Waals surface area contributed by atoms with E-state index in [9.17, 15) is 9.59 Å². The summed E-state index contributed by atoms with van der Waals surface area (Å²) in [4.78, 5) is 24.0. The Morgan fingerprint density at radius 1 is 0.931 bits per heavy atom. The summed E-state index contributed by atoms with van der Waals surface area (Å²) in [5.74, 6) is 0.684. The van der Waals surface area contributed by atoms with E-state index in [1.807, 2.05) is 73.7 Å². The van der Waals surface area contributed by atoms with Gasteiger partial charge in [-0.25, -0.2) is 5.43 Å². The van der Waals surface area contributed by atoms with Crippen LogP contribution in [0.5, 0.6) is 11.5 Å². The number of para-hydroxylation sites is 1. The van der Waals surface area contributed by atoms with Crippen molar-refractivity contribution in [2.45, 2.75) is 6.92 Å². The molecule has 29 heavy (non-hydrogen) atoms. The van der Waals surface area contributed by atoms with Crippen molar-refractivity contribution in [2.24, 2.45) is 5.10 Å². The van der Waals surface area contributed by atoms with Crippen molar-refractivity contribution < 1.29 is 14.3 Å². The van der Waals surface area contributed by atoms with Crippen molar-refractivity contribution in [3.05, 3.63) is 95.6 Å². The molecule has 3 rings (SSSR count). The standard InChI is InChI=1S/C23H21N3O3/c1-17-8-5-6-13-21(17)23(28)24-16-22(27)26-25-15-18-9-7-12-20(14-18)29-19-10-3-2-4-11-19/h2-15H,16H2,1H3,(H,24,28)(H,26,27)/b25-15+. The van der Waals surface area contributed by atoms with Crippen molar-refractivity contribution in [1.29, 1.82) is 0 Å². The predicted octanol–water partition coefficient (Wildman–Crippen LogP) is 3.67. The number of ether oxygens (including phenoxy) is 1. The minimum Gasteiger partial charge on any atom is -0.457 e. The average molecular weight is 387 g/mol. The number of rotatable bonds is 7. The van der Waals surface area contributed by atoms with Crippen molar-refractivity contribution in [1.82, 2.24) is 10.7 Å². The second-order valence-electron chi connectivity index (χ2n) is 6.28. The maximum absolute atomic E-state index is 12.1. The molecule has 0 atom stereocenters. The molecule has 146 valence electrons. The largest absolute Gasteiger partial charge is 0.457 e. The summed E-state index contributed by atoms with van der Waals surface area (Å²) in [6.45, 7) is 1.68. The Morgan fingerprint density at radius 2 is 1.66 bits per heavy atom. The van der Waals surface area contributed by atoms with Gasteiger partial charge in [-0.15, -0.1) is 0 Å². The van der Waals surface area contributed by atoms with Crippen molar-refractivity contribution in [2.75, 3.05) is 6.54 Å². The Bertz CT molecular complexity index is 1020. The maximum Gasteiger partial charge on any atom is 0.259 e. The summed E-state index contributed by atoms with van der Waals surface area (Å²) in [7, 11) is 0. The highest BCUT2D eigenvalue weighted by atomic mass is 16.5. The Labute approximate surface area is 169 Å². The zero-order chi connectivity index (χ0) is 20.5. The predicted molar refractivity (Wildman–Crippen MR) is 112 cm³/mol. The lowest BCUT2D eigenvalue weighted by molar-refractivity contribution is -0.120. The van der Waals surface area contributed by atoms with Gasteiger partial charge < -0.3 is 10.1 Å². The van der Waals surface area contributed by atoms with Crippen LogP contribution in [0, 0.1) is 6.92 Å². The molecule has 6 nitrogen and oxygen atoms in total. The topological polar surface area (TPSA) is 79.8 Å². The van der Waals surface area contributed by atoms with E-state index in [-0.39, 0.29) is 12.5 Å². The number of hydrogen-bond acceptors (Lipinski definition) is 4. The van der Waals surface area contributed by atoms with Gasteiger partial charge in [0.1, 0.15) is 11.5 Å². The van der Waals surface area contributed by atoms with Gasteiger partial charge in [0.15, 0.2) is 0 Å². The highest BCUT2D eigenvalue weighted by molar-refractivity contribution is 5.97. The monoisotopic (exact) mass is 387 g/mol. The lowest BCUT2D eigenvalue weighted by Gasteiger charge is -2.07. The van der Waals surface area contributed by atoms with Crippen LogP contribution in [0.4, 0.5) is 0 Å². The van der Waals surface area contributed by atoms with Gasteiger partial charge in [-0.05, 0) is 48.4 Å². The van der Waals surface area contributed by atoms with E-state index < -0.39 is 5.91 Å². The number of aryl methyl sites for hydroxylation is 1. The normalized spacial score (nSPS) is 10.5. The number of amides is 2. The molecule has 0 fully saturated rings. The number of carbonyl (C=O) groups is 2. The third kappa shape index (κ3) is 6.04. The Kier molecular flexibility index (Phi) is 6.73. The van der Waals surface area contributed by atoms with E-state index in [2.05, 4.69) is 15.8 Å². The minimum atomic E-state index is -0.417. The number of nitrogens with one attached hydrogen (secondary N) is 2. The summed E-state index contributed by atoms with van der Waals surface area (Å²) in [6.07, 6.45) is 1.51. The van der Waals surface area contributed by atoms with Gasteiger partial charge in [0, 0.05) is 5.56 Å². The number of benzene rings is 3. The first kappa shape index (κ1) is 19.8. The molecular weight excluding hydrogens is 366 g/mol. The smallest absolute Gasteiger partial charge is 0.259 e. The van der Waals surface area contributed by atoms with Crippen LogP contribution in [0.25, 0.3) is 0 Å². The molecule has 0 aromatic heterocycles. The molecule has 0 unspecified atom stereocenters. The number of nitrogens with zero attached hydrogens (tertiary/aromatic N) is 1. The Hall–Kier alpha value is -3.93. The van der Waals surface area contributed by atoms with E-state index in [0.29, 0.717) is 11.3 Å². The number of hydrogen-bond donors (Lipinski definition) is 2. The zero-order valence-electron chi connectivity index (χ0n) is 16.0. The first-order valence-corrected chi connectivity index (χ1v) is 9.10. The molecule has 0 radical (unpaired) electrons. The molecule has 0 bridgehead atoms. The van der Waals surface area contributed by atoms with E-state index in [0.717, 1.165) is 16.9 Å². The van der Waals surface area contributed by atoms with Gasteiger partial charge >= 0.3 is 0 Å². The fourth-order valence-corrected chi connectivity index (χ4v) is 2.58. The van der Waals surface area contributed by atoms with Gasteiger partial charge in [-0.3, -0.25) is 9.59 Å². The van der Waals surface area contributed by atoms with Crippen LogP contribution in [-0.4, -0.2) is 24.6 Å². The number of hydrazone groups is 1. The Balaban J connectivity index is 1.49. The van der Waals surface area contributed by atoms with Gasteiger partial charge in [-0.2, -0.15) is 5.10 Å². The molecule has 0 aliphatic carbocycles. The first-order valence-electron chi connectivity index (χ1n) is 9.10. The average Bonchev–Trinajstić information content (AvgIpc) is 2.73. The molecule has 0 heterocycles. The fourth-order valence-electron chi connectivity index (χ4n) is 2.58. The maximum atomic E-state index is 12.1. The fraction of sp³-hybridized carbons (Fsp3) is 0.0870. The van der Waals surface area contributed by atoms with Gasteiger partial charge in [0.25, 0.3) is 11.8 Å². The summed E-state index contributed by atoms with van der Waals surface area (Å²) < 4.78 is 5.77. The third-order valence-corrected chi connectivity index (χ3v) is 4.04. The molecule has 6 heteroatoms. The highest BCUT2D eigenvalue weighted by Crippen LogP contribution is 2.21. The Morgan fingerprint density at radius 3 is 2.45 bits per heavy atom. The van der Waals surface area contributed by atoms with E-state index in [1.54, 1.807) is 12.1 Å². The summed E-state index contributed by atoms with van der Waals surface area (Å²) in [5.41, 5.74) is 4.55. The summed E-state index contributed by atoms with van der Waals surface area (Å²) >= 11 is 0. The third-order valence-electron chi connectivity index (χ3n) is 4.04. The van der Waals surface area contributed by atoms with Crippen molar-refractivity contribution in [3.8, 4) is 11.5 Å². The highest BCUT2D eigenvalue weighted by Gasteiger charge is 2.09. The summed E-state index contributed by atoms with van der Waals surface area (Å²) in [5, 5.41) is 6.51. The molecule has 0 aliphatic rings. The molecule has 2 amide bonds. The zero-order valence-corrected chi connectivity index (χ0v) is 16.0. The second-order valence-corrected chi connectivity index (χ2v) is 6.28. The second kappa shape index (κ2) is 9.85. The molecule has 0 aliphatic heterocycles. The van der Waals surface area contributed by atoms with Crippen LogP contribution < -0.4 is 15.5 Å². The summed E-state index contributed by atoms with van der Waals surface area (Å²) in [6, 6.07) is 24.0. The van der Waals surface area contributed by atoms with E-state index in [4.69, 9.17) is 4.74 Å². The number of carbonyl (C=O) groups excluding carboxylic acids is 2. The molecule has 2 N–H and O–H groups in total. The van der Waals surface area contributed by atoms with Crippen LogP contribution in [0.3, 0.4) is 0 Å². The quantitative estimate of drug-likeness (QED) is 0.480. The molecular formula is C23H21N3O3. The molecule has 0 spiro atoms. The minimum absolute atomic E-state index is 0.165. The SMILES string of the molecule is Cc1ccccc1C(=O)NCC(=O)N/N=C/c1cccc(Oc2ccccc2)c1. The van der Waals surface area contributed by atoms with Crippen molar-refractivity contribution in [3.63, 3.8) is 0 Å². The van der Waals surface area contributed by atoms with Crippen LogP contribution in [0.1, 0.15) is 21.5 Å². The molecule has 0 saturated carbocycles. The van der Waals surface area contributed by atoms with Gasteiger partial charge in [0.05, 0.1) is 12.8 Å². The van der Waals surface area contributed by atoms with Gasteiger partial charge in [-0.1, -0.05) is 48.5 Å². The van der Waals surface area contributed by atoms with Crippen LogP contribution in [0.2, 0.25) is 0 Å². The van der Waals surface area contributed by atoms with Gasteiger partial charge in [0.2, 0.25) is 0 Å². The van der Waals surface area contributed by atoms with Crippen LogP contribution in [-0.2, 0) is 4.79 Å². The molecule has 0 saturated heterocycles. The van der Waals surface area contributed by atoms with Crippen molar-refractivity contribution >= 4 is 18.0 Å². The van der Waals surface area contributed by atoms with E-state index >= 15 is 0 Å². The molecule has 3 aromatic rings. The lowest BCUT2D eigenvalue weighted by atomic mass is 10.1. The van der Waals surface area contributed by atoms with E-state index in [1.165, 1.54) is 6.21 Å².